The van der Waals surface area contributed by atoms with Crippen LogP contribution in [-0.4, -0.2) is 35.3 Å². The smallest absolute Gasteiger partial charge is 0.248 e. The molecule has 1 aromatic carbocycles. The highest BCUT2D eigenvalue weighted by atomic mass is 35.5. The largest absolute Gasteiger partial charge is 0.353 e. The molecule has 1 saturated carbocycles. The maximum Gasteiger partial charge on any atom is 0.248 e. The molecule has 0 atom stereocenters. The number of carbonyl (C=O) groups is 1. The molecular formula is C21H27ClN4O. The van der Waals surface area contributed by atoms with Gasteiger partial charge in [0, 0.05) is 29.4 Å². The number of benzene rings is 1. The Morgan fingerprint density at radius 2 is 1.96 bits per heavy atom. The minimum absolute atomic E-state index is 0.0151. The second-order valence-corrected chi connectivity index (χ2v) is 8.35. The van der Waals surface area contributed by atoms with Gasteiger partial charge in [0.1, 0.15) is 5.54 Å². The Kier molecular flexibility index (Phi) is 5.24. The molecule has 1 aromatic heterocycles. The third kappa shape index (κ3) is 3.50. The minimum Gasteiger partial charge on any atom is -0.353 e. The number of hydrogen-bond acceptors (Lipinski definition) is 3. The average Bonchev–Trinajstić information content (AvgIpc) is 3.40. The van der Waals surface area contributed by atoms with Gasteiger partial charge in [-0.05, 0) is 62.5 Å². The molecule has 0 radical (unpaired) electrons. The third-order valence-electron chi connectivity index (χ3n) is 6.38. The lowest BCUT2D eigenvalue weighted by Gasteiger charge is -2.38. The predicted molar refractivity (Wildman–Crippen MR) is 107 cm³/mol. The van der Waals surface area contributed by atoms with Gasteiger partial charge in [0.05, 0.1) is 0 Å². The number of nitrogens with one attached hydrogen (secondary N) is 2. The molecular weight excluding hydrogens is 360 g/mol. The van der Waals surface area contributed by atoms with Gasteiger partial charge in [-0.3, -0.25) is 9.48 Å². The topological polar surface area (TPSA) is 59.0 Å². The van der Waals surface area contributed by atoms with Gasteiger partial charge in [0.25, 0.3) is 0 Å². The fraction of sp³-hybridized carbons (Fsp3) is 0.524. The standard InChI is InChI=1S/C21H27ClN4O/c22-18-6-3-5-17(15-18)20(7-1-2-8-20)16-24-19(27)21(9-12-23-13-10-21)26-14-4-11-25-26/h3-6,11,14-15,23H,1-2,7-10,12-13,16H2,(H,24,27). The highest BCUT2D eigenvalue weighted by Crippen LogP contribution is 2.41. The summed E-state index contributed by atoms with van der Waals surface area (Å²) >= 11 is 6.25. The van der Waals surface area contributed by atoms with Crippen molar-refractivity contribution in [1.29, 1.82) is 0 Å². The van der Waals surface area contributed by atoms with Crippen molar-refractivity contribution in [1.82, 2.24) is 20.4 Å². The van der Waals surface area contributed by atoms with E-state index >= 15 is 0 Å². The Labute approximate surface area is 165 Å². The third-order valence-corrected chi connectivity index (χ3v) is 6.62. The lowest BCUT2D eigenvalue weighted by Crippen LogP contribution is -2.56. The van der Waals surface area contributed by atoms with E-state index in [0.29, 0.717) is 6.54 Å². The second kappa shape index (κ2) is 7.64. The van der Waals surface area contributed by atoms with Crippen molar-refractivity contribution in [3.8, 4) is 0 Å². The van der Waals surface area contributed by atoms with Gasteiger partial charge in [-0.1, -0.05) is 36.6 Å². The highest BCUT2D eigenvalue weighted by molar-refractivity contribution is 6.30. The zero-order valence-corrected chi connectivity index (χ0v) is 16.3. The normalized spacial score (nSPS) is 21.1. The zero-order valence-electron chi connectivity index (χ0n) is 15.6. The molecule has 5 nitrogen and oxygen atoms in total. The molecule has 1 aliphatic heterocycles. The van der Waals surface area contributed by atoms with E-state index in [1.807, 2.05) is 29.1 Å². The van der Waals surface area contributed by atoms with Crippen LogP contribution in [0.2, 0.25) is 5.02 Å². The van der Waals surface area contributed by atoms with E-state index in [-0.39, 0.29) is 11.3 Å². The predicted octanol–water partition coefficient (Wildman–Crippen LogP) is 3.24. The van der Waals surface area contributed by atoms with Gasteiger partial charge in [-0.25, -0.2) is 0 Å². The van der Waals surface area contributed by atoms with Gasteiger partial charge in [0.2, 0.25) is 5.91 Å². The summed E-state index contributed by atoms with van der Waals surface area (Å²) in [4.78, 5) is 13.4. The summed E-state index contributed by atoms with van der Waals surface area (Å²) in [6.07, 6.45) is 9.73. The molecule has 144 valence electrons. The van der Waals surface area contributed by atoms with Crippen molar-refractivity contribution in [2.45, 2.75) is 49.5 Å². The molecule has 0 unspecified atom stereocenters. The van der Waals surface area contributed by atoms with Crippen LogP contribution in [0.4, 0.5) is 0 Å². The molecule has 6 heteroatoms. The molecule has 4 rings (SSSR count). The SMILES string of the molecule is O=C(NCC1(c2cccc(Cl)c2)CCCC1)C1(n2cccn2)CCNCC1. The summed E-state index contributed by atoms with van der Waals surface area (Å²) in [5.41, 5.74) is 0.632. The molecule has 2 aliphatic rings. The second-order valence-electron chi connectivity index (χ2n) is 7.91. The Bertz CT molecular complexity index is 777. The van der Waals surface area contributed by atoms with Crippen LogP contribution >= 0.6 is 11.6 Å². The van der Waals surface area contributed by atoms with Crippen LogP contribution in [0.1, 0.15) is 44.1 Å². The van der Waals surface area contributed by atoms with Crippen molar-refractivity contribution < 1.29 is 4.79 Å². The van der Waals surface area contributed by atoms with Crippen molar-refractivity contribution in [2.24, 2.45) is 0 Å². The van der Waals surface area contributed by atoms with Gasteiger partial charge >= 0.3 is 0 Å². The first-order valence-corrected chi connectivity index (χ1v) is 10.3. The molecule has 2 N–H and O–H groups in total. The molecule has 2 fully saturated rings. The van der Waals surface area contributed by atoms with E-state index in [9.17, 15) is 4.79 Å². The van der Waals surface area contributed by atoms with E-state index in [1.54, 1.807) is 6.20 Å². The van der Waals surface area contributed by atoms with Crippen LogP contribution in [0.15, 0.2) is 42.7 Å². The minimum atomic E-state index is -0.594. The first kappa shape index (κ1) is 18.5. The molecule has 2 heterocycles. The number of nitrogens with zero attached hydrogens (tertiary/aromatic N) is 2. The Morgan fingerprint density at radius 1 is 1.19 bits per heavy atom. The quantitative estimate of drug-likeness (QED) is 0.829. The van der Waals surface area contributed by atoms with Crippen LogP contribution in [0.5, 0.6) is 0 Å². The summed E-state index contributed by atoms with van der Waals surface area (Å²) in [5, 5.41) is 11.8. The number of piperidine rings is 1. The maximum atomic E-state index is 13.4. The zero-order chi connectivity index (χ0) is 18.7. The van der Waals surface area contributed by atoms with E-state index in [4.69, 9.17) is 11.6 Å². The fourth-order valence-corrected chi connectivity index (χ4v) is 4.96. The first-order valence-electron chi connectivity index (χ1n) is 9.90. The highest BCUT2D eigenvalue weighted by Gasteiger charge is 2.43. The van der Waals surface area contributed by atoms with Crippen LogP contribution in [0.25, 0.3) is 0 Å². The Balaban J connectivity index is 1.56. The Morgan fingerprint density at radius 3 is 2.63 bits per heavy atom. The Hall–Kier alpha value is -1.85. The van der Waals surface area contributed by atoms with E-state index < -0.39 is 5.54 Å². The maximum absolute atomic E-state index is 13.4. The van der Waals surface area contributed by atoms with Crippen molar-refractivity contribution >= 4 is 17.5 Å². The summed E-state index contributed by atoms with van der Waals surface area (Å²) in [5.74, 6) is 0.0843. The average molecular weight is 387 g/mol. The lowest BCUT2D eigenvalue weighted by atomic mass is 9.78. The molecule has 1 saturated heterocycles. The fourth-order valence-electron chi connectivity index (χ4n) is 4.77. The number of amides is 1. The van der Waals surface area contributed by atoms with Gasteiger partial charge in [-0.2, -0.15) is 5.10 Å². The number of rotatable bonds is 5. The number of aromatic nitrogens is 2. The van der Waals surface area contributed by atoms with Crippen molar-refractivity contribution in [3.63, 3.8) is 0 Å². The summed E-state index contributed by atoms with van der Waals surface area (Å²) in [6.45, 7) is 2.31. The van der Waals surface area contributed by atoms with Crippen molar-refractivity contribution in [3.05, 3.63) is 53.3 Å². The van der Waals surface area contributed by atoms with Crippen LogP contribution in [-0.2, 0) is 15.7 Å². The van der Waals surface area contributed by atoms with Crippen LogP contribution in [0, 0.1) is 0 Å². The first-order chi connectivity index (χ1) is 13.1. The number of carbonyl (C=O) groups excluding carboxylic acids is 1. The summed E-state index contributed by atoms with van der Waals surface area (Å²) in [6, 6.07) is 10.0. The molecule has 0 bridgehead atoms. The van der Waals surface area contributed by atoms with E-state index in [1.165, 1.54) is 18.4 Å². The van der Waals surface area contributed by atoms with E-state index in [0.717, 1.165) is 43.8 Å². The lowest BCUT2D eigenvalue weighted by molar-refractivity contribution is -0.132. The molecule has 0 spiro atoms. The van der Waals surface area contributed by atoms with Gasteiger partial charge < -0.3 is 10.6 Å². The molecule has 27 heavy (non-hydrogen) atoms. The summed E-state index contributed by atoms with van der Waals surface area (Å²) < 4.78 is 1.85. The van der Waals surface area contributed by atoms with Crippen LogP contribution in [0.3, 0.4) is 0 Å². The molecule has 1 aliphatic carbocycles. The molecule has 1 amide bonds. The molecule has 2 aromatic rings. The van der Waals surface area contributed by atoms with Crippen LogP contribution < -0.4 is 10.6 Å². The number of halogens is 1. The number of hydrogen-bond donors (Lipinski definition) is 2. The van der Waals surface area contributed by atoms with Crippen molar-refractivity contribution in [2.75, 3.05) is 19.6 Å². The monoisotopic (exact) mass is 386 g/mol. The summed E-state index contributed by atoms with van der Waals surface area (Å²) in [7, 11) is 0. The van der Waals surface area contributed by atoms with E-state index in [2.05, 4.69) is 27.9 Å². The van der Waals surface area contributed by atoms with Gasteiger partial charge in [0.15, 0.2) is 0 Å². The van der Waals surface area contributed by atoms with Gasteiger partial charge in [-0.15, -0.1) is 0 Å².